The Balaban J connectivity index is 1.34. The van der Waals surface area contributed by atoms with Gasteiger partial charge in [-0.15, -0.1) is 0 Å². The first-order chi connectivity index (χ1) is 14.3. The molecule has 0 aromatic heterocycles. The van der Waals surface area contributed by atoms with Crippen LogP contribution in [0.4, 0.5) is 0 Å². The van der Waals surface area contributed by atoms with Crippen molar-refractivity contribution < 1.29 is 14.2 Å². The van der Waals surface area contributed by atoms with E-state index in [0.29, 0.717) is 19.3 Å². The molecule has 29 heavy (non-hydrogen) atoms. The number of nitrogens with one attached hydrogen (secondary N) is 2. The molecule has 0 atom stereocenters. The Labute approximate surface area is 175 Å². The number of guanidine groups is 1. The summed E-state index contributed by atoms with van der Waals surface area (Å²) in [4.78, 5) is 4.70. The zero-order valence-corrected chi connectivity index (χ0v) is 17.8. The molecule has 0 spiro atoms. The maximum Gasteiger partial charge on any atom is 0.191 e. The number of rotatable bonds is 12. The van der Waals surface area contributed by atoms with Crippen LogP contribution >= 0.6 is 0 Å². The molecule has 0 radical (unpaired) electrons. The second kappa shape index (κ2) is 12.8. The molecule has 2 fully saturated rings. The highest BCUT2D eigenvalue weighted by atomic mass is 16.5. The fourth-order valence-electron chi connectivity index (χ4n) is 3.23. The van der Waals surface area contributed by atoms with Crippen LogP contribution in [0.25, 0.3) is 0 Å². The Kier molecular flexibility index (Phi) is 9.76. The molecule has 1 saturated carbocycles. The molecule has 1 aromatic carbocycles. The molecular weight excluding hydrogens is 366 g/mol. The molecule has 162 valence electrons. The molecule has 3 rings (SSSR count). The van der Waals surface area contributed by atoms with Crippen LogP contribution in [-0.2, 0) is 27.4 Å². The van der Waals surface area contributed by atoms with Gasteiger partial charge in [0.1, 0.15) is 0 Å². The molecule has 1 aliphatic carbocycles. The maximum atomic E-state index is 5.99. The van der Waals surface area contributed by atoms with Crippen molar-refractivity contribution in [1.82, 2.24) is 10.6 Å². The maximum absolute atomic E-state index is 5.99. The predicted molar refractivity (Wildman–Crippen MR) is 116 cm³/mol. The lowest BCUT2D eigenvalue weighted by Crippen LogP contribution is -2.38. The summed E-state index contributed by atoms with van der Waals surface area (Å²) in [5.41, 5.74) is 2.41. The highest BCUT2D eigenvalue weighted by molar-refractivity contribution is 5.79. The third-order valence-electron chi connectivity index (χ3n) is 5.25. The molecule has 1 aliphatic heterocycles. The van der Waals surface area contributed by atoms with Crippen LogP contribution in [0.1, 0.15) is 50.2 Å². The largest absolute Gasteiger partial charge is 0.381 e. The van der Waals surface area contributed by atoms with Crippen LogP contribution in [0.15, 0.2) is 29.3 Å². The first-order valence-corrected chi connectivity index (χ1v) is 11.2. The van der Waals surface area contributed by atoms with E-state index in [2.05, 4.69) is 41.8 Å². The van der Waals surface area contributed by atoms with E-state index in [9.17, 15) is 0 Å². The third kappa shape index (κ3) is 9.15. The van der Waals surface area contributed by atoms with Gasteiger partial charge in [-0.3, -0.25) is 0 Å². The highest BCUT2D eigenvalue weighted by Gasteiger charge is 2.20. The minimum Gasteiger partial charge on any atom is -0.381 e. The molecule has 6 heteroatoms. The van der Waals surface area contributed by atoms with Crippen molar-refractivity contribution in [3.05, 3.63) is 35.4 Å². The number of hydrogen-bond donors (Lipinski definition) is 2. The van der Waals surface area contributed by atoms with E-state index in [0.717, 1.165) is 70.7 Å². The molecule has 2 aliphatic rings. The van der Waals surface area contributed by atoms with Crippen molar-refractivity contribution in [2.24, 2.45) is 10.9 Å². The van der Waals surface area contributed by atoms with Crippen molar-refractivity contribution in [3.8, 4) is 0 Å². The number of nitrogens with zero attached hydrogens (tertiary/aromatic N) is 1. The molecule has 6 nitrogen and oxygen atoms in total. The lowest BCUT2D eigenvalue weighted by atomic mass is 10.1. The summed E-state index contributed by atoms with van der Waals surface area (Å²) < 4.78 is 17.0. The number of aliphatic imine (C=N–C) groups is 1. The van der Waals surface area contributed by atoms with Crippen LogP contribution in [0.2, 0.25) is 0 Å². The van der Waals surface area contributed by atoms with E-state index >= 15 is 0 Å². The quantitative estimate of drug-likeness (QED) is 0.319. The number of ether oxygens (including phenoxy) is 3. The molecule has 0 bridgehead atoms. The van der Waals surface area contributed by atoms with Gasteiger partial charge < -0.3 is 24.8 Å². The minimum atomic E-state index is 0.334. The fourth-order valence-corrected chi connectivity index (χ4v) is 3.23. The first-order valence-electron chi connectivity index (χ1n) is 11.2. The monoisotopic (exact) mass is 403 g/mol. The Hall–Kier alpha value is -1.63. The summed E-state index contributed by atoms with van der Waals surface area (Å²) in [6, 6.07) is 8.56. The average molecular weight is 404 g/mol. The molecule has 0 amide bonds. The van der Waals surface area contributed by atoms with Gasteiger partial charge in [0, 0.05) is 39.5 Å². The molecule has 1 saturated heterocycles. The molecular formula is C23H37N3O3. The lowest BCUT2D eigenvalue weighted by Gasteiger charge is -2.22. The second-order valence-corrected chi connectivity index (χ2v) is 7.93. The van der Waals surface area contributed by atoms with E-state index in [4.69, 9.17) is 19.2 Å². The van der Waals surface area contributed by atoms with Gasteiger partial charge in [0.2, 0.25) is 0 Å². The molecule has 0 unspecified atom stereocenters. The second-order valence-electron chi connectivity index (χ2n) is 7.93. The van der Waals surface area contributed by atoms with E-state index in [1.807, 2.05) is 0 Å². The van der Waals surface area contributed by atoms with E-state index in [1.54, 1.807) is 0 Å². The SMILES string of the molecule is CCNC(=NCc1ccc(COC2CCOCC2)cc1)NCCCOCC1CC1. The van der Waals surface area contributed by atoms with Crippen molar-refractivity contribution in [1.29, 1.82) is 0 Å². The van der Waals surface area contributed by atoms with Gasteiger partial charge in [0.25, 0.3) is 0 Å². The summed E-state index contributed by atoms with van der Waals surface area (Å²) in [6.45, 7) is 8.53. The van der Waals surface area contributed by atoms with Gasteiger partial charge in [-0.2, -0.15) is 0 Å². The zero-order chi connectivity index (χ0) is 20.2. The van der Waals surface area contributed by atoms with Gasteiger partial charge in [0.05, 0.1) is 19.3 Å². The fraction of sp³-hybridized carbons (Fsp3) is 0.696. The zero-order valence-electron chi connectivity index (χ0n) is 17.8. The van der Waals surface area contributed by atoms with Crippen LogP contribution in [0, 0.1) is 5.92 Å². The van der Waals surface area contributed by atoms with Crippen molar-refractivity contribution in [2.75, 3.05) is 39.5 Å². The Morgan fingerprint density at radius 2 is 1.83 bits per heavy atom. The Morgan fingerprint density at radius 1 is 1.07 bits per heavy atom. The topological polar surface area (TPSA) is 64.1 Å². The van der Waals surface area contributed by atoms with Crippen molar-refractivity contribution >= 4 is 5.96 Å². The summed E-state index contributed by atoms with van der Waals surface area (Å²) >= 11 is 0. The Morgan fingerprint density at radius 3 is 2.55 bits per heavy atom. The van der Waals surface area contributed by atoms with Crippen LogP contribution in [-0.4, -0.2) is 51.6 Å². The third-order valence-corrected chi connectivity index (χ3v) is 5.25. The average Bonchev–Trinajstić information content (AvgIpc) is 3.59. The Bertz CT molecular complexity index is 596. The predicted octanol–water partition coefficient (Wildman–Crippen LogP) is 3.25. The summed E-state index contributed by atoms with van der Waals surface area (Å²) in [5.74, 6) is 1.70. The molecule has 1 aromatic rings. The summed E-state index contributed by atoms with van der Waals surface area (Å²) in [6.07, 6.45) is 6.03. The van der Waals surface area contributed by atoms with Crippen molar-refractivity contribution in [3.63, 3.8) is 0 Å². The summed E-state index contributed by atoms with van der Waals surface area (Å²) in [5, 5.41) is 6.70. The van der Waals surface area contributed by atoms with E-state index in [-0.39, 0.29) is 0 Å². The normalized spacial score (nSPS) is 18.0. The molecule has 1 heterocycles. The van der Waals surface area contributed by atoms with Gasteiger partial charge >= 0.3 is 0 Å². The highest BCUT2D eigenvalue weighted by Crippen LogP contribution is 2.28. The smallest absolute Gasteiger partial charge is 0.191 e. The first kappa shape index (κ1) is 22.1. The van der Waals surface area contributed by atoms with Crippen LogP contribution in [0.3, 0.4) is 0 Å². The number of hydrogen-bond acceptors (Lipinski definition) is 4. The van der Waals surface area contributed by atoms with Gasteiger partial charge in [0.15, 0.2) is 5.96 Å². The van der Waals surface area contributed by atoms with Crippen LogP contribution < -0.4 is 10.6 Å². The van der Waals surface area contributed by atoms with Gasteiger partial charge in [-0.05, 0) is 56.1 Å². The number of benzene rings is 1. The standard InChI is InChI=1S/C23H37N3O3/c1-2-24-23(25-12-3-13-28-17-20-8-9-20)26-16-19-4-6-21(7-5-19)18-29-22-10-14-27-15-11-22/h4-7,20,22H,2-3,8-18H2,1H3,(H2,24,25,26). The van der Waals surface area contributed by atoms with Crippen molar-refractivity contribution in [2.45, 2.75) is 58.3 Å². The summed E-state index contributed by atoms with van der Waals surface area (Å²) in [7, 11) is 0. The van der Waals surface area contributed by atoms with E-state index in [1.165, 1.54) is 24.0 Å². The van der Waals surface area contributed by atoms with Crippen LogP contribution in [0.5, 0.6) is 0 Å². The van der Waals surface area contributed by atoms with Gasteiger partial charge in [-0.25, -0.2) is 4.99 Å². The lowest BCUT2D eigenvalue weighted by molar-refractivity contribution is -0.0390. The van der Waals surface area contributed by atoms with Gasteiger partial charge in [-0.1, -0.05) is 24.3 Å². The molecule has 2 N–H and O–H groups in total. The van der Waals surface area contributed by atoms with E-state index < -0.39 is 0 Å². The minimum absolute atomic E-state index is 0.334.